The number of Topliss-reactive ketones (excluding diaryl/α,β-unsaturated/α-hetero) is 1. The summed E-state index contributed by atoms with van der Waals surface area (Å²) in [5.74, 6) is 1.07. The minimum absolute atomic E-state index is 0.300. The van der Waals surface area contributed by atoms with Gasteiger partial charge in [-0.1, -0.05) is 43.7 Å². The van der Waals surface area contributed by atoms with Crippen molar-refractivity contribution in [2.24, 2.45) is 5.92 Å². The Bertz CT molecular complexity index is 399. The first-order chi connectivity index (χ1) is 8.75. The van der Waals surface area contributed by atoms with Crippen LogP contribution in [0.2, 0.25) is 5.02 Å². The summed E-state index contributed by atoms with van der Waals surface area (Å²) < 4.78 is 0. The molecule has 98 valence electrons. The number of aromatic nitrogens is 1. The largest absolute Gasteiger partial charge is 0.299 e. The van der Waals surface area contributed by atoms with E-state index < -0.39 is 0 Å². The summed E-state index contributed by atoms with van der Waals surface area (Å²) in [4.78, 5) is 15.9. The zero-order valence-corrected chi connectivity index (χ0v) is 11.5. The van der Waals surface area contributed by atoms with E-state index >= 15 is 0 Å². The lowest BCUT2D eigenvalue weighted by molar-refractivity contribution is -0.118. The number of hydrogen-bond acceptors (Lipinski definition) is 2. The van der Waals surface area contributed by atoms with E-state index in [1.165, 1.54) is 32.1 Å². The second-order valence-corrected chi connectivity index (χ2v) is 5.63. The number of carbonyl (C=O) groups excluding carboxylic acids is 1. The predicted octanol–water partition coefficient (Wildman–Crippen LogP) is 4.21. The van der Waals surface area contributed by atoms with E-state index in [-0.39, 0.29) is 0 Å². The first-order valence-corrected chi connectivity index (χ1v) is 7.23. The minimum atomic E-state index is 0.300. The Hall–Kier alpha value is -0.890. The number of ketones is 1. The van der Waals surface area contributed by atoms with Crippen molar-refractivity contribution in [2.45, 2.75) is 51.4 Å². The van der Waals surface area contributed by atoms with E-state index in [1.807, 2.05) is 6.07 Å². The number of carbonyl (C=O) groups is 1. The lowest BCUT2D eigenvalue weighted by Gasteiger charge is -2.20. The van der Waals surface area contributed by atoms with Crippen LogP contribution in [0.5, 0.6) is 0 Å². The van der Waals surface area contributed by atoms with Crippen molar-refractivity contribution in [3.63, 3.8) is 0 Å². The van der Waals surface area contributed by atoms with Gasteiger partial charge in [-0.3, -0.25) is 9.78 Å². The van der Waals surface area contributed by atoms with Crippen LogP contribution in [0.25, 0.3) is 0 Å². The Labute approximate surface area is 114 Å². The van der Waals surface area contributed by atoms with Crippen molar-refractivity contribution >= 4 is 17.4 Å². The van der Waals surface area contributed by atoms with Gasteiger partial charge in [-0.2, -0.15) is 0 Å². The lowest BCUT2D eigenvalue weighted by atomic mass is 9.85. The molecule has 1 aromatic rings. The van der Waals surface area contributed by atoms with E-state index in [1.54, 1.807) is 12.4 Å². The van der Waals surface area contributed by atoms with Gasteiger partial charge in [0.2, 0.25) is 0 Å². The molecule has 0 amide bonds. The van der Waals surface area contributed by atoms with Crippen LogP contribution in [0.15, 0.2) is 18.5 Å². The van der Waals surface area contributed by atoms with Crippen molar-refractivity contribution in [3.05, 3.63) is 29.0 Å². The second kappa shape index (κ2) is 6.89. The number of pyridine rings is 1. The van der Waals surface area contributed by atoms with Crippen molar-refractivity contribution in [1.82, 2.24) is 4.98 Å². The van der Waals surface area contributed by atoms with Gasteiger partial charge in [-0.25, -0.2) is 0 Å². The van der Waals surface area contributed by atoms with Crippen LogP contribution in [-0.4, -0.2) is 10.8 Å². The van der Waals surface area contributed by atoms with E-state index in [0.29, 0.717) is 23.6 Å². The topological polar surface area (TPSA) is 30.0 Å². The third-order valence-electron chi connectivity index (χ3n) is 3.80. The molecule has 0 spiro atoms. The van der Waals surface area contributed by atoms with Gasteiger partial charge >= 0.3 is 0 Å². The van der Waals surface area contributed by atoms with Gasteiger partial charge in [0.15, 0.2) is 0 Å². The maximum atomic E-state index is 11.9. The molecule has 3 heteroatoms. The average molecular weight is 266 g/mol. The van der Waals surface area contributed by atoms with Gasteiger partial charge in [-0.15, -0.1) is 0 Å². The molecule has 1 heterocycles. The highest BCUT2D eigenvalue weighted by Gasteiger charge is 2.15. The zero-order chi connectivity index (χ0) is 12.8. The fraction of sp³-hybridized carbons (Fsp3) is 0.600. The first-order valence-electron chi connectivity index (χ1n) is 6.86. The number of nitrogens with zero attached hydrogens (tertiary/aromatic N) is 1. The molecule has 0 bridgehead atoms. The quantitative estimate of drug-likeness (QED) is 0.798. The second-order valence-electron chi connectivity index (χ2n) is 5.23. The number of rotatable bonds is 5. The van der Waals surface area contributed by atoms with Gasteiger partial charge in [0.05, 0.1) is 5.02 Å². The highest BCUT2D eigenvalue weighted by Crippen LogP contribution is 2.27. The summed E-state index contributed by atoms with van der Waals surface area (Å²) in [6.07, 6.45) is 12.2. The van der Waals surface area contributed by atoms with Crippen LogP contribution in [0.3, 0.4) is 0 Å². The highest BCUT2D eigenvalue weighted by atomic mass is 35.5. The zero-order valence-electron chi connectivity index (χ0n) is 10.7. The fourth-order valence-corrected chi connectivity index (χ4v) is 2.88. The molecule has 1 saturated carbocycles. The third-order valence-corrected chi connectivity index (χ3v) is 4.14. The van der Waals surface area contributed by atoms with Crippen LogP contribution >= 0.6 is 11.6 Å². The molecule has 1 aliphatic carbocycles. The molecule has 0 N–H and O–H groups in total. The smallest absolute Gasteiger partial charge is 0.137 e. The molecular formula is C15H20ClNO. The standard InChI is InChI=1S/C15H20ClNO/c16-15-11-17-9-8-13(15)10-14(18)7-6-12-4-2-1-3-5-12/h8-9,11-12H,1-7,10H2. The molecule has 0 unspecified atom stereocenters. The van der Waals surface area contributed by atoms with Crippen molar-refractivity contribution in [3.8, 4) is 0 Å². The fourth-order valence-electron chi connectivity index (χ4n) is 2.69. The summed E-state index contributed by atoms with van der Waals surface area (Å²) in [7, 11) is 0. The molecule has 0 aromatic carbocycles. The van der Waals surface area contributed by atoms with Gasteiger partial charge < -0.3 is 0 Å². The van der Waals surface area contributed by atoms with Crippen LogP contribution in [0.4, 0.5) is 0 Å². The summed E-state index contributed by atoms with van der Waals surface area (Å²) in [6.45, 7) is 0. The Balaban J connectivity index is 1.76. The van der Waals surface area contributed by atoms with Crippen molar-refractivity contribution in [1.29, 1.82) is 0 Å². The molecule has 0 radical (unpaired) electrons. The average Bonchev–Trinajstić information content (AvgIpc) is 2.40. The molecule has 2 nitrogen and oxygen atoms in total. The van der Waals surface area contributed by atoms with Crippen molar-refractivity contribution in [2.75, 3.05) is 0 Å². The molecule has 0 saturated heterocycles. The van der Waals surface area contributed by atoms with Crippen LogP contribution in [-0.2, 0) is 11.2 Å². The third kappa shape index (κ3) is 4.09. The van der Waals surface area contributed by atoms with E-state index in [4.69, 9.17) is 11.6 Å². The van der Waals surface area contributed by atoms with Crippen LogP contribution < -0.4 is 0 Å². The highest BCUT2D eigenvalue weighted by molar-refractivity contribution is 6.31. The maximum Gasteiger partial charge on any atom is 0.137 e. The molecule has 18 heavy (non-hydrogen) atoms. The van der Waals surface area contributed by atoms with Crippen molar-refractivity contribution < 1.29 is 4.79 Å². The molecular weight excluding hydrogens is 246 g/mol. The number of halogens is 1. The van der Waals surface area contributed by atoms with E-state index in [0.717, 1.165) is 17.9 Å². The minimum Gasteiger partial charge on any atom is -0.299 e. The number of hydrogen-bond donors (Lipinski definition) is 0. The van der Waals surface area contributed by atoms with Crippen LogP contribution in [0.1, 0.15) is 50.5 Å². The monoisotopic (exact) mass is 265 g/mol. The van der Waals surface area contributed by atoms with E-state index in [2.05, 4.69) is 4.98 Å². The normalized spacial score (nSPS) is 16.7. The summed E-state index contributed by atoms with van der Waals surface area (Å²) in [6, 6.07) is 1.83. The molecule has 2 rings (SSSR count). The summed E-state index contributed by atoms with van der Waals surface area (Å²) >= 11 is 6.00. The molecule has 1 fully saturated rings. The Kier molecular flexibility index (Phi) is 5.18. The maximum absolute atomic E-state index is 11.9. The van der Waals surface area contributed by atoms with Gasteiger partial charge in [0, 0.05) is 25.2 Å². The molecule has 1 aromatic heterocycles. The SMILES string of the molecule is O=C(CCC1CCCCC1)Cc1ccncc1Cl. The summed E-state index contributed by atoms with van der Waals surface area (Å²) in [5.41, 5.74) is 0.903. The Morgan fingerprint density at radius 1 is 1.33 bits per heavy atom. The first kappa shape index (κ1) is 13.5. The molecule has 0 atom stereocenters. The van der Waals surface area contributed by atoms with Gasteiger partial charge in [-0.05, 0) is 24.0 Å². The summed E-state index contributed by atoms with van der Waals surface area (Å²) in [5, 5.41) is 0.600. The molecule has 1 aliphatic rings. The lowest BCUT2D eigenvalue weighted by Crippen LogP contribution is -2.10. The Morgan fingerprint density at radius 2 is 2.11 bits per heavy atom. The predicted molar refractivity (Wildman–Crippen MR) is 73.8 cm³/mol. The van der Waals surface area contributed by atoms with E-state index in [9.17, 15) is 4.79 Å². The molecule has 0 aliphatic heterocycles. The van der Waals surface area contributed by atoms with Crippen LogP contribution in [0, 0.1) is 5.92 Å². The van der Waals surface area contributed by atoms with Gasteiger partial charge in [0.1, 0.15) is 5.78 Å². The Morgan fingerprint density at radius 3 is 2.83 bits per heavy atom. The van der Waals surface area contributed by atoms with Gasteiger partial charge in [0.25, 0.3) is 0 Å².